The monoisotopic (exact) mass is 304 g/mol. The summed E-state index contributed by atoms with van der Waals surface area (Å²) in [6.45, 7) is 0. The summed E-state index contributed by atoms with van der Waals surface area (Å²) in [5, 5.41) is 10.2. The Morgan fingerprint density at radius 2 is 2.00 bits per heavy atom. The minimum Gasteiger partial charge on any atom is -0.492 e. The largest absolute Gasteiger partial charge is 0.492 e. The van der Waals surface area contributed by atoms with Gasteiger partial charge in [-0.2, -0.15) is 4.98 Å². The van der Waals surface area contributed by atoms with E-state index in [1.54, 1.807) is 30.5 Å². The number of benzene rings is 1. The number of aromatic nitrogens is 3. The summed E-state index contributed by atoms with van der Waals surface area (Å²) >= 11 is 6.10. The molecule has 3 N–H and O–H groups in total. The topological polar surface area (TPSA) is 103 Å². The Labute approximate surface area is 122 Å². The number of nitrogens with two attached hydrogens (primary N) is 1. The third kappa shape index (κ3) is 1.95. The molecule has 8 heteroatoms. The number of aromatic hydroxyl groups is 1. The lowest BCUT2D eigenvalue weighted by atomic mass is 10.3. The third-order valence-corrected chi connectivity index (χ3v) is 3.34. The lowest BCUT2D eigenvalue weighted by Crippen LogP contribution is -2.27. The maximum absolute atomic E-state index is 12.1. The predicted octanol–water partition coefficient (Wildman–Crippen LogP) is 0.943. The van der Waals surface area contributed by atoms with Crippen LogP contribution in [-0.2, 0) is 0 Å². The van der Waals surface area contributed by atoms with Crippen molar-refractivity contribution in [2.45, 2.75) is 0 Å². The normalized spacial score (nSPS) is 10.9. The average molecular weight is 305 g/mol. The molecule has 3 aromatic rings. The molecule has 0 radical (unpaired) electrons. The highest BCUT2D eigenvalue weighted by Gasteiger charge is 2.19. The Hall–Kier alpha value is -2.80. The summed E-state index contributed by atoms with van der Waals surface area (Å²) in [4.78, 5) is 27.2. The Balaban J connectivity index is 2.37. The quantitative estimate of drug-likeness (QED) is 0.735. The fraction of sp³-hybridized carbons (Fsp3) is 0. The van der Waals surface area contributed by atoms with Crippen LogP contribution in [0.2, 0.25) is 5.02 Å². The van der Waals surface area contributed by atoms with Crippen LogP contribution in [0, 0.1) is 0 Å². The molecule has 21 heavy (non-hydrogen) atoms. The molecule has 0 fully saturated rings. The number of primary amides is 1. The van der Waals surface area contributed by atoms with E-state index < -0.39 is 22.9 Å². The summed E-state index contributed by atoms with van der Waals surface area (Å²) in [6, 6.07) is 6.95. The molecule has 2 aromatic heterocycles. The minimum atomic E-state index is -1.04. The molecule has 106 valence electrons. The van der Waals surface area contributed by atoms with Crippen LogP contribution in [0.4, 0.5) is 0 Å². The Bertz CT molecular complexity index is 929. The van der Waals surface area contributed by atoms with Crippen molar-refractivity contribution in [2.75, 3.05) is 0 Å². The van der Waals surface area contributed by atoms with Crippen LogP contribution in [0.3, 0.4) is 0 Å². The first-order chi connectivity index (χ1) is 10.0. The Morgan fingerprint density at radius 3 is 2.67 bits per heavy atom. The summed E-state index contributed by atoms with van der Waals surface area (Å²) in [6.07, 6.45) is 2.97. The molecule has 0 aliphatic heterocycles. The number of carbonyl (C=O) groups is 1. The number of rotatable bonds is 2. The Morgan fingerprint density at radius 1 is 1.29 bits per heavy atom. The van der Waals surface area contributed by atoms with E-state index in [1.807, 2.05) is 0 Å². The van der Waals surface area contributed by atoms with Crippen LogP contribution in [0.5, 0.6) is 5.88 Å². The summed E-state index contributed by atoms with van der Waals surface area (Å²) in [7, 11) is 0. The summed E-state index contributed by atoms with van der Waals surface area (Å²) < 4.78 is 2.64. The van der Waals surface area contributed by atoms with E-state index in [9.17, 15) is 14.7 Å². The number of amides is 1. The van der Waals surface area contributed by atoms with Crippen LogP contribution in [-0.4, -0.2) is 25.0 Å². The molecule has 0 aliphatic carbocycles. The number of carbonyl (C=O) groups excluding carboxylic acids is 1. The zero-order valence-corrected chi connectivity index (χ0v) is 11.3. The Kier molecular flexibility index (Phi) is 2.91. The van der Waals surface area contributed by atoms with Gasteiger partial charge in [0.2, 0.25) is 11.7 Å². The smallest absolute Gasteiger partial charge is 0.275 e. The van der Waals surface area contributed by atoms with Gasteiger partial charge < -0.3 is 10.8 Å². The van der Waals surface area contributed by atoms with Gasteiger partial charge in [0.05, 0.1) is 10.7 Å². The van der Waals surface area contributed by atoms with E-state index in [4.69, 9.17) is 17.3 Å². The summed E-state index contributed by atoms with van der Waals surface area (Å²) in [5.41, 5.74) is 4.36. The van der Waals surface area contributed by atoms with Gasteiger partial charge in [0.1, 0.15) is 0 Å². The predicted molar refractivity (Wildman–Crippen MR) is 76.0 cm³/mol. The fourth-order valence-electron chi connectivity index (χ4n) is 2.07. The van der Waals surface area contributed by atoms with E-state index >= 15 is 0 Å². The van der Waals surface area contributed by atoms with Gasteiger partial charge in [-0.05, 0) is 12.1 Å². The molecule has 0 unspecified atom stereocenters. The molecule has 0 atom stereocenters. The highest BCUT2D eigenvalue weighted by atomic mass is 35.5. The van der Waals surface area contributed by atoms with E-state index in [2.05, 4.69) is 4.98 Å². The zero-order chi connectivity index (χ0) is 15.1. The SMILES string of the molecule is NC(=O)c1c(O)nc2n(-c3ccccc3Cl)ccn2c1=O. The first-order valence-electron chi connectivity index (χ1n) is 5.88. The van der Waals surface area contributed by atoms with Crippen molar-refractivity contribution >= 4 is 23.3 Å². The van der Waals surface area contributed by atoms with Gasteiger partial charge in [0.25, 0.3) is 11.5 Å². The van der Waals surface area contributed by atoms with Crippen molar-refractivity contribution < 1.29 is 9.90 Å². The van der Waals surface area contributed by atoms with Crippen molar-refractivity contribution in [3.8, 4) is 11.6 Å². The molecule has 0 spiro atoms. The second-order valence-electron chi connectivity index (χ2n) is 4.27. The lowest BCUT2D eigenvalue weighted by molar-refractivity contribution is 0.0995. The molecule has 7 nitrogen and oxygen atoms in total. The first-order valence-corrected chi connectivity index (χ1v) is 6.26. The van der Waals surface area contributed by atoms with Crippen molar-refractivity contribution in [1.29, 1.82) is 0 Å². The molecular formula is C13H9ClN4O3. The fourth-order valence-corrected chi connectivity index (χ4v) is 2.29. The van der Waals surface area contributed by atoms with E-state index in [0.717, 1.165) is 4.40 Å². The highest BCUT2D eigenvalue weighted by molar-refractivity contribution is 6.32. The van der Waals surface area contributed by atoms with E-state index in [0.29, 0.717) is 10.7 Å². The first kappa shape index (κ1) is 13.2. The number of fused-ring (bicyclic) bond motifs is 1. The number of hydrogen-bond donors (Lipinski definition) is 2. The minimum absolute atomic E-state index is 0.121. The van der Waals surface area contributed by atoms with Crippen molar-refractivity contribution in [3.05, 3.63) is 57.6 Å². The van der Waals surface area contributed by atoms with E-state index in [-0.39, 0.29) is 5.78 Å². The number of imidazole rings is 1. The average Bonchev–Trinajstić information content (AvgIpc) is 2.82. The second-order valence-corrected chi connectivity index (χ2v) is 4.68. The van der Waals surface area contributed by atoms with Crippen LogP contribution in [0.1, 0.15) is 10.4 Å². The molecule has 2 heterocycles. The van der Waals surface area contributed by atoms with Crippen LogP contribution < -0.4 is 11.3 Å². The maximum Gasteiger partial charge on any atom is 0.275 e. The van der Waals surface area contributed by atoms with Crippen molar-refractivity contribution in [3.63, 3.8) is 0 Å². The number of hydrogen-bond acceptors (Lipinski definition) is 4. The van der Waals surface area contributed by atoms with Crippen LogP contribution in [0.15, 0.2) is 41.5 Å². The van der Waals surface area contributed by atoms with Gasteiger partial charge in [0, 0.05) is 12.4 Å². The van der Waals surface area contributed by atoms with Gasteiger partial charge in [-0.3, -0.25) is 18.6 Å². The molecule has 0 bridgehead atoms. The van der Waals surface area contributed by atoms with Crippen LogP contribution >= 0.6 is 11.6 Å². The molecule has 0 saturated carbocycles. The van der Waals surface area contributed by atoms with E-state index in [1.165, 1.54) is 10.8 Å². The van der Waals surface area contributed by atoms with Gasteiger partial charge in [0.15, 0.2) is 5.56 Å². The van der Waals surface area contributed by atoms with Gasteiger partial charge in [-0.15, -0.1) is 0 Å². The molecular weight excluding hydrogens is 296 g/mol. The highest BCUT2D eigenvalue weighted by Crippen LogP contribution is 2.22. The molecule has 3 rings (SSSR count). The number of halogens is 1. The summed E-state index contributed by atoms with van der Waals surface area (Å²) in [5.74, 6) is -1.63. The van der Waals surface area contributed by atoms with Gasteiger partial charge in [-0.1, -0.05) is 23.7 Å². The third-order valence-electron chi connectivity index (χ3n) is 3.02. The van der Waals surface area contributed by atoms with Crippen molar-refractivity contribution in [1.82, 2.24) is 14.0 Å². The lowest BCUT2D eigenvalue weighted by Gasteiger charge is -2.07. The molecule has 1 amide bonds. The van der Waals surface area contributed by atoms with Crippen molar-refractivity contribution in [2.24, 2.45) is 5.73 Å². The molecule has 0 aliphatic rings. The molecule has 1 aromatic carbocycles. The van der Waals surface area contributed by atoms with Gasteiger partial charge >= 0.3 is 0 Å². The maximum atomic E-state index is 12.1. The second kappa shape index (κ2) is 4.64. The van der Waals surface area contributed by atoms with Crippen LogP contribution in [0.25, 0.3) is 11.5 Å². The molecule has 0 saturated heterocycles. The standard InChI is InChI=1S/C13H9ClN4O3/c14-7-3-1-2-4-8(7)17-5-6-18-12(21)9(10(15)19)11(20)16-13(17)18/h1-6,20H,(H2,15,19). The number of para-hydroxylation sites is 1. The zero-order valence-electron chi connectivity index (χ0n) is 10.5. The number of nitrogens with zero attached hydrogens (tertiary/aromatic N) is 3. The van der Waals surface area contributed by atoms with Gasteiger partial charge in [-0.25, -0.2) is 0 Å².